The van der Waals surface area contributed by atoms with Gasteiger partial charge in [-0.15, -0.1) is 0 Å². The van der Waals surface area contributed by atoms with Crippen LogP contribution in [0.4, 0.5) is 18.9 Å². The first kappa shape index (κ1) is 12.5. The Balaban J connectivity index is 2.51. The van der Waals surface area contributed by atoms with Crippen LogP contribution in [0.2, 0.25) is 0 Å². The molecule has 2 N–H and O–H groups in total. The first-order valence-corrected chi connectivity index (χ1v) is 5.43. The third kappa shape index (κ3) is 2.18. The fourth-order valence-electron chi connectivity index (χ4n) is 1.78. The molecular formula is C12H12F3N3. The number of nitrogen functional groups attached to an aromatic ring is 1. The molecule has 18 heavy (non-hydrogen) atoms. The van der Waals surface area contributed by atoms with Gasteiger partial charge >= 0.3 is 6.18 Å². The molecule has 0 aliphatic heterocycles. The zero-order chi connectivity index (χ0) is 13.3. The molecule has 0 spiro atoms. The highest BCUT2D eigenvalue weighted by atomic mass is 19.4. The van der Waals surface area contributed by atoms with Gasteiger partial charge in [0.1, 0.15) is 0 Å². The molecule has 1 heterocycles. The first-order chi connectivity index (χ1) is 8.43. The van der Waals surface area contributed by atoms with E-state index in [2.05, 4.69) is 5.10 Å². The summed E-state index contributed by atoms with van der Waals surface area (Å²) >= 11 is 0. The number of benzene rings is 1. The Bertz CT molecular complexity index is 558. The summed E-state index contributed by atoms with van der Waals surface area (Å²) in [6.07, 6.45) is -2.32. The van der Waals surface area contributed by atoms with Crippen molar-refractivity contribution >= 4 is 5.69 Å². The normalized spacial score (nSPS) is 11.8. The van der Waals surface area contributed by atoms with E-state index in [0.29, 0.717) is 23.5 Å². The Kier molecular flexibility index (Phi) is 3.02. The van der Waals surface area contributed by atoms with Gasteiger partial charge in [-0.3, -0.25) is 0 Å². The number of alkyl halides is 3. The Morgan fingerprint density at radius 2 is 2.06 bits per heavy atom. The molecule has 0 aliphatic rings. The Hall–Kier alpha value is -1.98. The predicted octanol–water partition coefficient (Wildman–Crippen LogP) is 3.04. The van der Waals surface area contributed by atoms with Crippen LogP contribution in [0.3, 0.4) is 0 Å². The molecule has 0 fully saturated rings. The van der Waals surface area contributed by atoms with Crippen molar-refractivity contribution in [3.8, 4) is 5.69 Å². The van der Waals surface area contributed by atoms with Gasteiger partial charge in [-0.05, 0) is 24.6 Å². The van der Waals surface area contributed by atoms with Crippen molar-refractivity contribution in [2.75, 3.05) is 5.73 Å². The van der Waals surface area contributed by atoms with Gasteiger partial charge in [0.2, 0.25) is 0 Å². The van der Waals surface area contributed by atoms with Crippen molar-refractivity contribution in [1.29, 1.82) is 0 Å². The fourth-order valence-corrected chi connectivity index (χ4v) is 1.78. The van der Waals surface area contributed by atoms with Gasteiger partial charge in [-0.2, -0.15) is 18.3 Å². The number of nitrogens with zero attached hydrogens (tertiary/aromatic N) is 2. The van der Waals surface area contributed by atoms with Crippen molar-refractivity contribution in [2.24, 2.45) is 0 Å². The van der Waals surface area contributed by atoms with Crippen LogP contribution in [0.25, 0.3) is 5.69 Å². The van der Waals surface area contributed by atoms with Gasteiger partial charge in [-0.25, -0.2) is 4.68 Å². The standard InChI is InChI=1S/C12H12F3N3/c1-2-11-10(16)7-17-18(11)9-5-3-4-8(6-9)12(13,14)15/h3-7H,2,16H2,1H3. The minimum absolute atomic E-state index is 0.360. The van der Waals surface area contributed by atoms with E-state index in [1.807, 2.05) is 6.92 Å². The van der Waals surface area contributed by atoms with Crippen molar-refractivity contribution in [3.63, 3.8) is 0 Å². The molecule has 2 rings (SSSR count). The van der Waals surface area contributed by atoms with Gasteiger partial charge in [0, 0.05) is 0 Å². The maximum Gasteiger partial charge on any atom is 0.416 e. The van der Waals surface area contributed by atoms with Gasteiger partial charge in [0.05, 0.1) is 28.8 Å². The average Bonchev–Trinajstić information content (AvgIpc) is 2.69. The smallest absolute Gasteiger partial charge is 0.396 e. The second-order valence-corrected chi connectivity index (χ2v) is 3.86. The average molecular weight is 255 g/mol. The lowest BCUT2D eigenvalue weighted by Crippen LogP contribution is -2.08. The number of rotatable bonds is 2. The Morgan fingerprint density at radius 3 is 2.67 bits per heavy atom. The molecule has 1 aromatic carbocycles. The molecule has 0 unspecified atom stereocenters. The van der Waals surface area contributed by atoms with E-state index in [-0.39, 0.29) is 0 Å². The number of anilines is 1. The molecule has 0 aliphatic carbocycles. The summed E-state index contributed by atoms with van der Waals surface area (Å²) in [7, 11) is 0. The molecule has 0 radical (unpaired) electrons. The molecule has 96 valence electrons. The summed E-state index contributed by atoms with van der Waals surface area (Å²) in [6.45, 7) is 1.87. The van der Waals surface area contributed by atoms with E-state index in [9.17, 15) is 13.2 Å². The van der Waals surface area contributed by atoms with Crippen LogP contribution in [-0.4, -0.2) is 9.78 Å². The van der Waals surface area contributed by atoms with Crippen molar-refractivity contribution < 1.29 is 13.2 Å². The minimum atomic E-state index is -4.36. The molecule has 0 bridgehead atoms. The summed E-state index contributed by atoms with van der Waals surface area (Å²) in [6, 6.07) is 5.02. The SMILES string of the molecule is CCc1c(N)cnn1-c1cccc(C(F)(F)F)c1. The number of hydrogen-bond donors (Lipinski definition) is 1. The summed E-state index contributed by atoms with van der Waals surface area (Å²) in [5, 5.41) is 4.00. The lowest BCUT2D eigenvalue weighted by molar-refractivity contribution is -0.137. The second kappa shape index (κ2) is 4.36. The van der Waals surface area contributed by atoms with E-state index in [0.717, 1.165) is 12.1 Å². The maximum absolute atomic E-state index is 12.6. The van der Waals surface area contributed by atoms with Crippen LogP contribution in [0.15, 0.2) is 30.5 Å². The molecule has 0 atom stereocenters. The van der Waals surface area contributed by atoms with E-state index in [1.165, 1.54) is 16.9 Å². The third-order valence-corrected chi connectivity index (χ3v) is 2.65. The summed E-state index contributed by atoms with van der Waals surface area (Å²) < 4.78 is 39.3. The van der Waals surface area contributed by atoms with Crippen LogP contribution in [-0.2, 0) is 12.6 Å². The molecule has 0 saturated heterocycles. The number of nitrogens with two attached hydrogens (primary N) is 1. The Morgan fingerprint density at radius 1 is 1.33 bits per heavy atom. The predicted molar refractivity (Wildman–Crippen MR) is 62.4 cm³/mol. The molecule has 0 amide bonds. The lowest BCUT2D eigenvalue weighted by atomic mass is 10.2. The van der Waals surface area contributed by atoms with E-state index < -0.39 is 11.7 Å². The first-order valence-electron chi connectivity index (χ1n) is 5.43. The van der Waals surface area contributed by atoms with E-state index in [4.69, 9.17) is 5.73 Å². The zero-order valence-electron chi connectivity index (χ0n) is 9.70. The highest BCUT2D eigenvalue weighted by Gasteiger charge is 2.30. The largest absolute Gasteiger partial charge is 0.416 e. The topological polar surface area (TPSA) is 43.8 Å². The highest BCUT2D eigenvalue weighted by Crippen LogP contribution is 2.30. The summed E-state index contributed by atoms with van der Waals surface area (Å²) in [5.74, 6) is 0. The highest BCUT2D eigenvalue weighted by molar-refractivity contribution is 5.47. The van der Waals surface area contributed by atoms with Crippen LogP contribution in [0.5, 0.6) is 0 Å². The van der Waals surface area contributed by atoms with Crippen LogP contribution < -0.4 is 5.73 Å². The quantitative estimate of drug-likeness (QED) is 0.896. The van der Waals surface area contributed by atoms with Crippen molar-refractivity contribution in [1.82, 2.24) is 9.78 Å². The number of aromatic nitrogens is 2. The Labute approximate surface area is 102 Å². The molecule has 6 heteroatoms. The van der Waals surface area contributed by atoms with Gasteiger partial charge < -0.3 is 5.73 Å². The van der Waals surface area contributed by atoms with Crippen molar-refractivity contribution in [2.45, 2.75) is 19.5 Å². The lowest BCUT2D eigenvalue weighted by Gasteiger charge is -2.10. The molecule has 1 aromatic heterocycles. The molecular weight excluding hydrogens is 243 g/mol. The number of halogens is 3. The maximum atomic E-state index is 12.6. The zero-order valence-corrected chi connectivity index (χ0v) is 9.70. The molecule has 2 aromatic rings. The van der Waals surface area contributed by atoms with Crippen LogP contribution in [0.1, 0.15) is 18.2 Å². The fraction of sp³-hybridized carbons (Fsp3) is 0.250. The third-order valence-electron chi connectivity index (χ3n) is 2.65. The number of hydrogen-bond acceptors (Lipinski definition) is 2. The molecule has 0 saturated carbocycles. The van der Waals surface area contributed by atoms with Crippen molar-refractivity contribution in [3.05, 3.63) is 41.7 Å². The molecule has 3 nitrogen and oxygen atoms in total. The second-order valence-electron chi connectivity index (χ2n) is 3.86. The van der Waals surface area contributed by atoms with Gasteiger partial charge in [-0.1, -0.05) is 13.0 Å². The minimum Gasteiger partial charge on any atom is -0.396 e. The van der Waals surface area contributed by atoms with E-state index in [1.54, 1.807) is 6.07 Å². The van der Waals surface area contributed by atoms with Crippen LogP contribution in [0, 0.1) is 0 Å². The van der Waals surface area contributed by atoms with Crippen LogP contribution >= 0.6 is 0 Å². The van der Waals surface area contributed by atoms with Gasteiger partial charge in [0.15, 0.2) is 0 Å². The monoisotopic (exact) mass is 255 g/mol. The summed E-state index contributed by atoms with van der Waals surface area (Å²) in [4.78, 5) is 0. The summed E-state index contributed by atoms with van der Waals surface area (Å²) in [5.41, 5.74) is 6.55. The van der Waals surface area contributed by atoms with E-state index >= 15 is 0 Å². The van der Waals surface area contributed by atoms with Gasteiger partial charge in [0.25, 0.3) is 0 Å².